The van der Waals surface area contributed by atoms with Crippen molar-refractivity contribution in [3.63, 3.8) is 0 Å². The molecule has 11 heteroatoms. The van der Waals surface area contributed by atoms with Crippen LogP contribution < -0.4 is 15.1 Å². The lowest BCUT2D eigenvalue weighted by Crippen LogP contribution is -2.68. The number of hydroxylamine groups is 2. The lowest BCUT2D eigenvalue weighted by Gasteiger charge is -2.49. The Balaban J connectivity index is 1.84. The van der Waals surface area contributed by atoms with E-state index < -0.39 is 40.0 Å². The first kappa shape index (κ1) is 45.6. The normalized spacial score (nSPS) is 17.7. The number of Topliss-reactive ketones (excluding diaryl/α,β-unsaturated/α-hetero) is 1. The maximum absolute atomic E-state index is 14.4. The molecule has 0 spiro atoms. The Labute approximate surface area is 342 Å². The molecule has 1 aliphatic rings. The molecule has 0 saturated carbocycles. The maximum atomic E-state index is 14.4. The molecule has 1 amide bonds. The number of ketones is 1. The van der Waals surface area contributed by atoms with Gasteiger partial charge >= 0.3 is 5.97 Å². The minimum Gasteiger partial charge on any atom is -0.497 e. The zero-order valence-electron chi connectivity index (χ0n) is 35.3. The van der Waals surface area contributed by atoms with E-state index >= 15 is 0 Å². The van der Waals surface area contributed by atoms with Gasteiger partial charge in [-0.2, -0.15) is 0 Å². The topological polar surface area (TPSA) is 101 Å². The highest BCUT2D eigenvalue weighted by atomic mass is 28.4. The van der Waals surface area contributed by atoms with Gasteiger partial charge in [-0.05, 0) is 71.0 Å². The summed E-state index contributed by atoms with van der Waals surface area (Å²) in [7, 11) is -3.76. The number of carbonyl (C=O) groups excluding carboxylic acids is 3. The molecule has 0 radical (unpaired) electrons. The number of amides is 1. The molecule has 57 heavy (non-hydrogen) atoms. The van der Waals surface area contributed by atoms with Crippen molar-refractivity contribution in [2.24, 2.45) is 5.92 Å². The Morgan fingerprint density at radius 3 is 1.95 bits per heavy atom. The number of rotatable bonds is 21. The molecule has 1 aliphatic carbocycles. The fourth-order valence-electron chi connectivity index (χ4n) is 7.89. The molecular weight excluding hydrogens is 751 g/mol. The summed E-state index contributed by atoms with van der Waals surface area (Å²) in [6.07, 6.45) is 5.92. The van der Waals surface area contributed by atoms with Crippen LogP contribution in [0.25, 0.3) is 0 Å². The van der Waals surface area contributed by atoms with Gasteiger partial charge in [0.25, 0.3) is 14.2 Å². The number of esters is 1. The van der Waals surface area contributed by atoms with Crippen molar-refractivity contribution in [1.82, 2.24) is 5.06 Å². The highest BCUT2D eigenvalue weighted by Crippen LogP contribution is 2.44. The molecule has 3 aromatic rings. The number of hydrogen-bond acceptors (Lipinski definition) is 8. The fraction of sp³-hybridized carbons (Fsp3) is 0.457. The summed E-state index contributed by atoms with van der Waals surface area (Å²) in [4.78, 5) is 46.7. The zero-order valence-corrected chi connectivity index (χ0v) is 37.3. The van der Waals surface area contributed by atoms with Gasteiger partial charge in [-0.15, -0.1) is 0 Å². The molecule has 308 valence electrons. The van der Waals surface area contributed by atoms with Crippen LogP contribution in [0, 0.1) is 5.92 Å². The number of benzene rings is 3. The first-order valence-electron chi connectivity index (χ1n) is 20.2. The Kier molecular flexibility index (Phi) is 16.4. The van der Waals surface area contributed by atoms with E-state index in [0.717, 1.165) is 28.8 Å². The van der Waals surface area contributed by atoms with E-state index in [-0.39, 0.29) is 43.1 Å². The second-order valence-electron chi connectivity index (χ2n) is 15.9. The standard InChI is InChI=1S/C46H63NO8Si2/c1-10-32-52-44(50)42(34-47(43(49)33-36(5)48)53-35-37-24-26-38(51-9)27-25-37)46(55-56(11-2,12-3)13-4)30-28-39(29-31-46)54-57(45(6,7)8,40-20-16-14-17-21-40)41-22-18-15-19-23-41/h10,14-28,30,39,42H,1,11-13,29,31-35H2,2-9H3/t39-,42-,46+/m1/s1. The van der Waals surface area contributed by atoms with Crippen molar-refractivity contribution in [3.8, 4) is 5.75 Å². The van der Waals surface area contributed by atoms with E-state index in [1.807, 2.05) is 30.3 Å². The van der Waals surface area contributed by atoms with Crippen molar-refractivity contribution in [2.45, 2.75) is 109 Å². The molecule has 0 unspecified atom stereocenters. The SMILES string of the molecule is C=CCOC(=O)[C@@H](CN(OCc1ccc(OC)cc1)C(=O)CC(C)=O)[C@]1(O[Si](CC)(CC)CC)C=C[C@@H](O[Si](c2ccccc2)(c2ccccc2)C(C)(C)C)CC1. The Bertz CT molecular complexity index is 1740. The molecule has 3 aromatic carbocycles. The maximum Gasteiger partial charge on any atom is 0.314 e. The first-order valence-corrected chi connectivity index (χ1v) is 24.7. The van der Waals surface area contributed by atoms with Crippen molar-refractivity contribution < 1.29 is 37.5 Å². The predicted molar refractivity (Wildman–Crippen MR) is 231 cm³/mol. The first-order chi connectivity index (χ1) is 27.2. The van der Waals surface area contributed by atoms with E-state index in [4.69, 9.17) is 23.2 Å². The highest BCUT2D eigenvalue weighted by molar-refractivity contribution is 6.99. The third-order valence-corrected chi connectivity index (χ3v) is 21.0. The third-order valence-electron chi connectivity index (χ3n) is 11.3. The van der Waals surface area contributed by atoms with Gasteiger partial charge in [0.05, 0.1) is 31.8 Å². The fourth-order valence-corrected chi connectivity index (χ4v) is 15.6. The molecule has 0 fully saturated rings. The Hall–Kier alpha value is -4.14. The molecule has 3 atom stereocenters. The summed E-state index contributed by atoms with van der Waals surface area (Å²) in [5, 5.41) is 3.28. The summed E-state index contributed by atoms with van der Waals surface area (Å²) in [5.41, 5.74) is -0.376. The molecule has 0 saturated heterocycles. The number of carbonyl (C=O) groups is 3. The Morgan fingerprint density at radius 2 is 1.49 bits per heavy atom. The van der Waals surface area contributed by atoms with Crippen LogP contribution in [-0.4, -0.2) is 71.3 Å². The average molecular weight is 814 g/mol. The van der Waals surface area contributed by atoms with Crippen LogP contribution >= 0.6 is 0 Å². The minimum absolute atomic E-state index is 0.0132. The number of hydrogen-bond donors (Lipinski definition) is 0. The zero-order chi connectivity index (χ0) is 41.7. The lowest BCUT2D eigenvalue weighted by molar-refractivity contribution is -0.203. The number of methoxy groups -OCH3 is 1. The van der Waals surface area contributed by atoms with Gasteiger partial charge in [-0.1, -0.05) is 139 Å². The second-order valence-corrected chi connectivity index (χ2v) is 24.9. The summed E-state index contributed by atoms with van der Waals surface area (Å²) in [6.45, 7) is 18.2. The van der Waals surface area contributed by atoms with E-state index in [1.54, 1.807) is 19.2 Å². The van der Waals surface area contributed by atoms with E-state index in [1.165, 1.54) is 23.4 Å². The van der Waals surface area contributed by atoms with Crippen molar-refractivity contribution in [1.29, 1.82) is 0 Å². The van der Waals surface area contributed by atoms with Gasteiger partial charge in [-0.3, -0.25) is 19.2 Å². The van der Waals surface area contributed by atoms with E-state index in [0.29, 0.717) is 18.6 Å². The molecule has 9 nitrogen and oxygen atoms in total. The summed E-state index contributed by atoms with van der Waals surface area (Å²) in [6, 6.07) is 30.9. The van der Waals surface area contributed by atoms with Crippen LogP contribution in [0.5, 0.6) is 5.75 Å². The third kappa shape index (κ3) is 11.1. The van der Waals surface area contributed by atoms with Crippen LogP contribution in [0.1, 0.15) is 73.3 Å². The molecule has 4 rings (SSSR count). The van der Waals surface area contributed by atoms with Crippen molar-refractivity contribution in [3.05, 3.63) is 115 Å². The quantitative estimate of drug-likeness (QED) is 0.0348. The van der Waals surface area contributed by atoms with Gasteiger partial charge in [-0.25, -0.2) is 5.06 Å². The Morgan fingerprint density at radius 1 is 0.912 bits per heavy atom. The van der Waals surface area contributed by atoms with Crippen LogP contribution in [-0.2, 0) is 39.4 Å². The molecular formula is C46H63NO8Si2. The van der Waals surface area contributed by atoms with Crippen LogP contribution in [0.15, 0.2) is 110 Å². The molecule has 0 aliphatic heterocycles. The van der Waals surface area contributed by atoms with Crippen LogP contribution in [0.4, 0.5) is 0 Å². The lowest BCUT2D eigenvalue weighted by atomic mass is 9.79. The van der Waals surface area contributed by atoms with Crippen LogP contribution in [0.2, 0.25) is 23.2 Å². The smallest absolute Gasteiger partial charge is 0.314 e. The molecule has 0 N–H and O–H groups in total. The van der Waals surface area contributed by atoms with Crippen molar-refractivity contribution in [2.75, 3.05) is 20.3 Å². The summed E-state index contributed by atoms with van der Waals surface area (Å²) in [5.74, 6) is -1.71. The summed E-state index contributed by atoms with van der Waals surface area (Å²) >= 11 is 0. The number of ether oxygens (including phenoxy) is 2. The van der Waals surface area contributed by atoms with Crippen molar-refractivity contribution >= 4 is 44.7 Å². The average Bonchev–Trinajstić information content (AvgIpc) is 3.22. The van der Waals surface area contributed by atoms with E-state index in [2.05, 4.69) is 103 Å². The second kappa shape index (κ2) is 20.5. The molecule has 0 bridgehead atoms. The van der Waals surface area contributed by atoms with Gasteiger partial charge in [0, 0.05) is 0 Å². The minimum atomic E-state index is -2.92. The summed E-state index contributed by atoms with van der Waals surface area (Å²) < 4.78 is 26.1. The predicted octanol–water partition coefficient (Wildman–Crippen LogP) is 8.34. The largest absolute Gasteiger partial charge is 0.497 e. The monoisotopic (exact) mass is 813 g/mol. The van der Waals surface area contributed by atoms with Gasteiger partial charge in [0.15, 0.2) is 8.32 Å². The highest BCUT2D eigenvalue weighted by Gasteiger charge is 2.54. The van der Waals surface area contributed by atoms with Gasteiger partial charge < -0.3 is 18.3 Å². The van der Waals surface area contributed by atoms with Crippen LogP contribution in [0.3, 0.4) is 0 Å². The van der Waals surface area contributed by atoms with Gasteiger partial charge in [0.2, 0.25) is 0 Å². The van der Waals surface area contributed by atoms with Gasteiger partial charge in [0.1, 0.15) is 30.7 Å². The molecule has 0 aromatic heterocycles. The number of nitrogens with zero attached hydrogens (tertiary/aromatic N) is 1. The molecule has 0 heterocycles. The van der Waals surface area contributed by atoms with E-state index in [9.17, 15) is 14.4 Å².